The molecule has 0 bridgehead atoms. The van der Waals surface area contributed by atoms with Crippen molar-refractivity contribution < 1.29 is 47.4 Å². The highest BCUT2D eigenvalue weighted by Crippen LogP contribution is 2.43. The Labute approximate surface area is 393 Å². The lowest BCUT2D eigenvalue weighted by Gasteiger charge is -2.30. The number of rotatable bonds is 24. The smallest absolute Gasteiger partial charge is 0.235 e. The van der Waals surface area contributed by atoms with Gasteiger partial charge in [0.15, 0.2) is 48.7 Å². The molecule has 6 heterocycles. The lowest BCUT2D eigenvalue weighted by molar-refractivity contribution is -0.118. The van der Waals surface area contributed by atoms with Gasteiger partial charge in [-0.1, -0.05) is 77.6 Å². The third kappa shape index (κ3) is 14.0. The van der Waals surface area contributed by atoms with Gasteiger partial charge >= 0.3 is 0 Å². The van der Waals surface area contributed by atoms with E-state index >= 15 is 4.79 Å². The molecule has 0 spiro atoms. The van der Waals surface area contributed by atoms with E-state index in [4.69, 9.17) is 47.4 Å². The predicted octanol–water partition coefficient (Wildman–Crippen LogP) is 12.9. The molecular weight excluding hydrogens is 839 g/mol. The van der Waals surface area contributed by atoms with E-state index in [1.54, 1.807) is 0 Å². The molecule has 5 saturated heterocycles. The summed E-state index contributed by atoms with van der Waals surface area (Å²) in [6, 6.07) is 9.81. The van der Waals surface area contributed by atoms with E-state index in [1.165, 1.54) is 57.8 Å². The normalized spacial score (nSPS) is 23.9. The molecule has 2 aromatic carbocycles. The van der Waals surface area contributed by atoms with Gasteiger partial charge in [-0.15, -0.1) is 0 Å². The van der Waals surface area contributed by atoms with Crippen LogP contribution >= 0.6 is 0 Å². The lowest BCUT2D eigenvalue weighted by atomic mass is 10.0. The van der Waals surface area contributed by atoms with Crippen LogP contribution in [-0.2, 0) is 30.2 Å². The molecule has 5 unspecified atom stereocenters. The topological polar surface area (TPSA) is 114 Å². The molecule has 1 aromatic heterocycles. The third-order valence-corrected chi connectivity index (χ3v) is 13.7. The highest BCUT2D eigenvalue weighted by molar-refractivity contribution is 5.92. The number of hydrogen-bond donors (Lipinski definition) is 0. The van der Waals surface area contributed by atoms with Crippen LogP contribution in [-0.4, -0.2) is 69.1 Å². The van der Waals surface area contributed by atoms with Crippen LogP contribution in [0.2, 0.25) is 0 Å². The van der Waals surface area contributed by atoms with Crippen molar-refractivity contribution in [2.75, 3.05) is 33.0 Å². The summed E-state index contributed by atoms with van der Waals surface area (Å²) in [5.74, 6) is 2.38. The Balaban J connectivity index is 1.21. The van der Waals surface area contributed by atoms with Gasteiger partial charge < -0.3 is 51.9 Å². The zero-order chi connectivity index (χ0) is 45.2. The molecule has 0 radical (unpaired) electrons. The van der Waals surface area contributed by atoms with Crippen LogP contribution in [0, 0.1) is 0 Å². The summed E-state index contributed by atoms with van der Waals surface area (Å²) in [5, 5.41) is 0.441. The summed E-state index contributed by atoms with van der Waals surface area (Å²) < 4.78 is 66.3. The van der Waals surface area contributed by atoms with Gasteiger partial charge in [0.05, 0.1) is 49.6 Å². The quantitative estimate of drug-likeness (QED) is 0.0800. The Morgan fingerprint density at radius 2 is 0.939 bits per heavy atom. The molecule has 0 aliphatic carbocycles. The van der Waals surface area contributed by atoms with Crippen LogP contribution in [0.4, 0.5) is 0 Å². The fraction of sp³-hybridized carbons (Fsp3) is 0.722. The fourth-order valence-corrected chi connectivity index (χ4v) is 9.96. The molecule has 12 heteroatoms. The van der Waals surface area contributed by atoms with Gasteiger partial charge in [0, 0.05) is 56.3 Å². The van der Waals surface area contributed by atoms with E-state index < -0.39 is 18.9 Å². The Morgan fingerprint density at radius 1 is 0.485 bits per heavy atom. The summed E-state index contributed by atoms with van der Waals surface area (Å²) in [6.45, 7) is 6.04. The number of pyridine rings is 1. The van der Waals surface area contributed by atoms with E-state index in [-0.39, 0.29) is 23.8 Å². The minimum Gasteiger partial charge on any atom is -0.465 e. The number of unbranched alkanes of at least 4 members (excludes halogenated alkanes) is 11. The summed E-state index contributed by atoms with van der Waals surface area (Å²) in [6.07, 6.45) is 26.4. The van der Waals surface area contributed by atoms with Crippen molar-refractivity contribution in [3.63, 3.8) is 0 Å². The Kier molecular flexibility index (Phi) is 19.5. The second-order valence-corrected chi connectivity index (χ2v) is 19.1. The van der Waals surface area contributed by atoms with E-state index in [1.807, 2.05) is 30.3 Å². The molecule has 8 rings (SSSR count). The molecule has 66 heavy (non-hydrogen) atoms. The van der Waals surface area contributed by atoms with Gasteiger partial charge in [-0.2, -0.15) is 0 Å². The van der Waals surface area contributed by atoms with Crippen molar-refractivity contribution in [1.29, 1.82) is 0 Å². The van der Waals surface area contributed by atoms with Gasteiger partial charge in [0.25, 0.3) is 0 Å². The first-order valence-corrected chi connectivity index (χ1v) is 26.4. The van der Waals surface area contributed by atoms with Gasteiger partial charge in [-0.25, -0.2) is 0 Å². The van der Waals surface area contributed by atoms with Crippen molar-refractivity contribution in [3.05, 3.63) is 40.6 Å². The lowest BCUT2D eigenvalue weighted by Crippen LogP contribution is -2.30. The van der Waals surface area contributed by atoms with Crippen molar-refractivity contribution in [2.24, 2.45) is 0 Å². The van der Waals surface area contributed by atoms with Crippen molar-refractivity contribution >= 4 is 10.9 Å². The van der Waals surface area contributed by atoms with Crippen LogP contribution in [0.25, 0.3) is 22.2 Å². The maximum Gasteiger partial charge on any atom is 0.235 e. The third-order valence-electron chi connectivity index (χ3n) is 13.7. The molecule has 5 atom stereocenters. The monoisotopic (exact) mass is 918 g/mol. The molecule has 5 aliphatic rings. The summed E-state index contributed by atoms with van der Waals surface area (Å²) in [4.78, 5) is 15.5. The summed E-state index contributed by atoms with van der Waals surface area (Å²) >= 11 is 0. The van der Waals surface area contributed by atoms with Gasteiger partial charge in [-0.3, -0.25) is 4.79 Å². The maximum atomic E-state index is 15.5. The number of fused-ring (bicyclic) bond motifs is 1. The standard InChI is InChI=1S/C54H79NO11/c1-2-3-4-5-6-7-8-9-10-11-12-18-31-55-42-38-41(62-46-24-13-19-32-57-46)39-45(65-49-27-16-22-35-60-49)51(42)53(56)54(66-50-28-17-23-36-61-50)52(55)40-29-30-43(63-47-25-14-20-33-58-47)44(37-40)64-48-26-15-21-34-59-48/h29-30,37-39,46-50H,2-28,31-36H2,1H3. The molecule has 0 N–H and O–H groups in total. The van der Waals surface area contributed by atoms with Crippen LogP contribution in [0.15, 0.2) is 35.1 Å². The van der Waals surface area contributed by atoms with E-state index in [9.17, 15) is 0 Å². The summed E-state index contributed by atoms with van der Waals surface area (Å²) in [5.41, 5.74) is 1.87. The molecule has 366 valence electrons. The molecule has 5 aliphatic heterocycles. The second-order valence-electron chi connectivity index (χ2n) is 19.1. The average Bonchev–Trinajstić information content (AvgIpc) is 3.35. The SMILES string of the molecule is CCCCCCCCCCCCCCn1c(-c2ccc(OC3CCCCO3)c(OC3CCCCO3)c2)c(OC2CCCCO2)c(=O)c2c(OC3CCCCO3)cc(OC3CCCCO3)cc21. The Morgan fingerprint density at radius 3 is 1.44 bits per heavy atom. The molecule has 5 fully saturated rings. The first-order valence-electron chi connectivity index (χ1n) is 26.4. The van der Waals surface area contributed by atoms with Crippen LogP contribution < -0.4 is 29.1 Å². The number of aromatic nitrogens is 1. The van der Waals surface area contributed by atoms with E-state index in [2.05, 4.69) is 11.5 Å². The first-order chi connectivity index (χ1) is 32.6. The number of aryl methyl sites for hydroxylation is 1. The number of hydrogen-bond acceptors (Lipinski definition) is 11. The molecule has 0 saturated carbocycles. The zero-order valence-corrected chi connectivity index (χ0v) is 40.0. The van der Waals surface area contributed by atoms with Crippen LogP contribution in [0.1, 0.15) is 180 Å². The zero-order valence-electron chi connectivity index (χ0n) is 40.0. The van der Waals surface area contributed by atoms with Crippen LogP contribution in [0.3, 0.4) is 0 Å². The average molecular weight is 918 g/mol. The highest BCUT2D eigenvalue weighted by Gasteiger charge is 2.30. The van der Waals surface area contributed by atoms with Crippen LogP contribution in [0.5, 0.6) is 28.7 Å². The van der Waals surface area contributed by atoms with Gasteiger partial charge in [0.2, 0.25) is 5.43 Å². The molecule has 0 amide bonds. The molecule has 12 nitrogen and oxygen atoms in total. The Bertz CT molecular complexity index is 1960. The predicted molar refractivity (Wildman–Crippen MR) is 256 cm³/mol. The fourth-order valence-electron chi connectivity index (χ4n) is 9.96. The first kappa shape index (κ1) is 48.9. The minimum absolute atomic E-state index is 0.233. The van der Waals surface area contributed by atoms with Crippen molar-refractivity contribution in [3.8, 4) is 40.0 Å². The van der Waals surface area contributed by atoms with Crippen molar-refractivity contribution in [1.82, 2.24) is 4.57 Å². The van der Waals surface area contributed by atoms with E-state index in [0.717, 1.165) is 115 Å². The van der Waals surface area contributed by atoms with Gasteiger partial charge in [0.1, 0.15) is 11.5 Å². The molecular formula is C54H79NO11. The largest absolute Gasteiger partial charge is 0.465 e. The highest BCUT2D eigenvalue weighted by atomic mass is 16.7. The number of ether oxygens (including phenoxy) is 10. The summed E-state index contributed by atoms with van der Waals surface area (Å²) in [7, 11) is 0. The number of nitrogens with zero attached hydrogens (tertiary/aromatic N) is 1. The van der Waals surface area contributed by atoms with Crippen molar-refractivity contribution in [2.45, 2.75) is 218 Å². The number of benzene rings is 2. The minimum atomic E-state index is -0.572. The van der Waals surface area contributed by atoms with E-state index in [0.29, 0.717) is 85.6 Å². The molecule has 3 aromatic rings. The second kappa shape index (κ2) is 26.3. The Hall–Kier alpha value is -3.55. The maximum absolute atomic E-state index is 15.5. The van der Waals surface area contributed by atoms with Gasteiger partial charge in [-0.05, 0) is 88.8 Å².